The molecule has 0 aromatic heterocycles. The van der Waals surface area contributed by atoms with Gasteiger partial charge in [-0.2, -0.15) is 0 Å². The van der Waals surface area contributed by atoms with Crippen molar-refractivity contribution in [3.63, 3.8) is 0 Å². The molecule has 1 aliphatic carbocycles. The summed E-state index contributed by atoms with van der Waals surface area (Å²) in [6.45, 7) is 9.42. The maximum atomic E-state index is 2.47. The molecule has 2 rings (SSSR count). The Morgan fingerprint density at radius 3 is 2.12 bits per heavy atom. The minimum absolute atomic E-state index is 0.676. The molecule has 1 unspecified atom stereocenters. The summed E-state index contributed by atoms with van der Waals surface area (Å²) in [6.07, 6.45) is 4.79. The van der Waals surface area contributed by atoms with Gasteiger partial charge in [0.1, 0.15) is 0 Å². The molecule has 0 heterocycles. The molecule has 84 valence electrons. The first-order chi connectivity index (χ1) is 7.51. The zero-order chi connectivity index (χ0) is 11.8. The zero-order valence-electron chi connectivity index (χ0n) is 10.6. The Morgan fingerprint density at radius 2 is 1.62 bits per heavy atom. The summed E-state index contributed by atoms with van der Waals surface area (Å²) in [7, 11) is -1.40. The van der Waals surface area contributed by atoms with E-state index in [0.29, 0.717) is 5.54 Å². The Morgan fingerprint density at radius 1 is 1.00 bits per heavy atom. The minimum atomic E-state index is -1.40. The standard InChI is InChI=1S/C15H20Si/c1-12-10-13(2)15(11-12)16(3,4)14-8-6-5-7-9-14/h5-11,15H,1-4H3. The molecular formula is C15H20Si. The van der Waals surface area contributed by atoms with E-state index in [0.717, 1.165) is 0 Å². The quantitative estimate of drug-likeness (QED) is 0.674. The Kier molecular flexibility index (Phi) is 2.89. The summed E-state index contributed by atoms with van der Waals surface area (Å²) < 4.78 is 0. The van der Waals surface area contributed by atoms with E-state index < -0.39 is 8.07 Å². The maximum absolute atomic E-state index is 2.47. The average Bonchev–Trinajstić information content (AvgIpc) is 2.60. The fourth-order valence-corrected chi connectivity index (χ4v) is 6.03. The van der Waals surface area contributed by atoms with Crippen molar-refractivity contribution in [2.75, 3.05) is 0 Å². The van der Waals surface area contributed by atoms with Crippen LogP contribution >= 0.6 is 0 Å². The van der Waals surface area contributed by atoms with E-state index in [1.165, 1.54) is 11.1 Å². The molecule has 0 nitrogen and oxygen atoms in total. The Hall–Kier alpha value is -1.08. The molecular weight excluding hydrogens is 208 g/mol. The fourth-order valence-electron chi connectivity index (χ4n) is 2.72. The molecule has 0 N–H and O–H groups in total. The van der Waals surface area contributed by atoms with Gasteiger partial charge in [-0.05, 0) is 19.4 Å². The second-order valence-corrected chi connectivity index (χ2v) is 10.0. The van der Waals surface area contributed by atoms with Gasteiger partial charge in [-0.1, -0.05) is 71.9 Å². The van der Waals surface area contributed by atoms with E-state index in [1.807, 2.05) is 0 Å². The van der Waals surface area contributed by atoms with E-state index in [4.69, 9.17) is 0 Å². The molecule has 1 aromatic carbocycles. The third kappa shape index (κ3) is 1.92. The molecule has 0 spiro atoms. The van der Waals surface area contributed by atoms with Gasteiger partial charge in [0.2, 0.25) is 0 Å². The lowest BCUT2D eigenvalue weighted by Gasteiger charge is -2.30. The summed E-state index contributed by atoms with van der Waals surface area (Å²) in [5.74, 6) is 0. The van der Waals surface area contributed by atoms with Crippen LogP contribution in [0.3, 0.4) is 0 Å². The van der Waals surface area contributed by atoms with Crippen molar-refractivity contribution in [2.24, 2.45) is 0 Å². The zero-order valence-corrected chi connectivity index (χ0v) is 11.6. The van der Waals surface area contributed by atoms with Gasteiger partial charge in [0.15, 0.2) is 0 Å². The van der Waals surface area contributed by atoms with Crippen LogP contribution in [0.2, 0.25) is 18.6 Å². The van der Waals surface area contributed by atoms with Crippen LogP contribution in [0.1, 0.15) is 13.8 Å². The van der Waals surface area contributed by atoms with Crippen LogP contribution in [-0.4, -0.2) is 8.07 Å². The van der Waals surface area contributed by atoms with Gasteiger partial charge in [0.25, 0.3) is 0 Å². The maximum Gasteiger partial charge on any atom is 0.0915 e. The van der Waals surface area contributed by atoms with Crippen LogP contribution in [0.4, 0.5) is 0 Å². The highest BCUT2D eigenvalue weighted by Crippen LogP contribution is 2.36. The molecule has 0 aliphatic heterocycles. The van der Waals surface area contributed by atoms with Gasteiger partial charge in [-0.15, -0.1) is 0 Å². The third-order valence-electron chi connectivity index (χ3n) is 3.67. The molecule has 1 heteroatoms. The van der Waals surface area contributed by atoms with E-state index in [2.05, 4.69) is 69.4 Å². The molecule has 0 radical (unpaired) electrons. The lowest BCUT2D eigenvalue weighted by atomic mass is 10.3. The van der Waals surface area contributed by atoms with Gasteiger partial charge in [-0.25, -0.2) is 0 Å². The van der Waals surface area contributed by atoms with Crippen LogP contribution in [0.25, 0.3) is 0 Å². The summed E-state index contributed by atoms with van der Waals surface area (Å²) in [4.78, 5) is 0. The van der Waals surface area contributed by atoms with Crippen molar-refractivity contribution in [3.05, 3.63) is 53.6 Å². The number of benzene rings is 1. The number of hydrogen-bond acceptors (Lipinski definition) is 0. The molecule has 0 amide bonds. The van der Waals surface area contributed by atoms with Crippen molar-refractivity contribution >= 4 is 13.3 Å². The first-order valence-electron chi connectivity index (χ1n) is 5.94. The first-order valence-corrected chi connectivity index (χ1v) is 9.01. The highest BCUT2D eigenvalue weighted by atomic mass is 28.3. The van der Waals surface area contributed by atoms with Crippen molar-refractivity contribution in [1.29, 1.82) is 0 Å². The van der Waals surface area contributed by atoms with Crippen molar-refractivity contribution in [1.82, 2.24) is 0 Å². The van der Waals surface area contributed by atoms with Gasteiger partial charge in [0.05, 0.1) is 8.07 Å². The highest BCUT2D eigenvalue weighted by molar-refractivity contribution is 6.91. The smallest absolute Gasteiger partial charge is 0.0768 e. The highest BCUT2D eigenvalue weighted by Gasteiger charge is 2.34. The summed E-state index contributed by atoms with van der Waals surface area (Å²) in [5, 5.41) is 1.55. The molecule has 1 atom stereocenters. The minimum Gasteiger partial charge on any atom is -0.0768 e. The summed E-state index contributed by atoms with van der Waals surface area (Å²) in [5.41, 5.74) is 3.65. The van der Waals surface area contributed by atoms with E-state index >= 15 is 0 Å². The van der Waals surface area contributed by atoms with Crippen LogP contribution < -0.4 is 5.19 Å². The lowest BCUT2D eigenvalue weighted by Crippen LogP contribution is -2.45. The van der Waals surface area contributed by atoms with Gasteiger partial charge < -0.3 is 0 Å². The van der Waals surface area contributed by atoms with E-state index in [1.54, 1.807) is 5.19 Å². The number of rotatable bonds is 2. The molecule has 1 aliphatic rings. The fraction of sp³-hybridized carbons (Fsp3) is 0.333. The SMILES string of the molecule is CC1=CC([Si](C)(C)c2ccccc2)C(C)=C1. The van der Waals surface area contributed by atoms with Gasteiger partial charge >= 0.3 is 0 Å². The predicted octanol–water partition coefficient (Wildman–Crippen LogP) is 3.88. The predicted molar refractivity (Wildman–Crippen MR) is 74.8 cm³/mol. The summed E-state index contributed by atoms with van der Waals surface area (Å²) >= 11 is 0. The van der Waals surface area contributed by atoms with Crippen molar-refractivity contribution in [2.45, 2.75) is 32.5 Å². The van der Waals surface area contributed by atoms with Crippen molar-refractivity contribution < 1.29 is 0 Å². The Balaban J connectivity index is 2.38. The molecule has 0 saturated heterocycles. The second kappa shape index (κ2) is 4.06. The second-order valence-electron chi connectivity index (χ2n) is 5.36. The van der Waals surface area contributed by atoms with Crippen LogP contribution in [0.5, 0.6) is 0 Å². The number of allylic oxidation sites excluding steroid dienone is 4. The lowest BCUT2D eigenvalue weighted by molar-refractivity contribution is 1.17. The normalized spacial score (nSPS) is 20.6. The van der Waals surface area contributed by atoms with E-state index in [9.17, 15) is 0 Å². The first kappa shape index (κ1) is 11.4. The molecule has 0 saturated carbocycles. The topological polar surface area (TPSA) is 0 Å². The van der Waals surface area contributed by atoms with Gasteiger partial charge in [-0.3, -0.25) is 0 Å². The van der Waals surface area contributed by atoms with Crippen LogP contribution in [0, 0.1) is 0 Å². The Labute approximate surface area is 99.7 Å². The van der Waals surface area contributed by atoms with Crippen molar-refractivity contribution in [3.8, 4) is 0 Å². The van der Waals surface area contributed by atoms with Crippen LogP contribution in [-0.2, 0) is 0 Å². The largest absolute Gasteiger partial charge is 0.0915 e. The van der Waals surface area contributed by atoms with E-state index in [-0.39, 0.29) is 0 Å². The van der Waals surface area contributed by atoms with Gasteiger partial charge in [0, 0.05) is 0 Å². The number of hydrogen-bond donors (Lipinski definition) is 0. The molecule has 16 heavy (non-hydrogen) atoms. The molecule has 1 aromatic rings. The van der Waals surface area contributed by atoms with Crippen LogP contribution in [0.15, 0.2) is 53.6 Å². The monoisotopic (exact) mass is 228 g/mol. The molecule has 0 fully saturated rings. The Bertz CT molecular complexity index is 438. The third-order valence-corrected chi connectivity index (χ3v) is 7.67. The summed E-state index contributed by atoms with van der Waals surface area (Å²) in [6, 6.07) is 11.0. The molecule has 0 bridgehead atoms. The average molecular weight is 228 g/mol.